The fraction of sp³-hybridized carbons (Fsp3) is 0.417. The Hall–Kier alpha value is -1.59. The standard InChI is InChI=1S/C12H17NO4/c1-9(12(15)16)13-8-10-2-4-11(5-3-10)17-7-6-14/h2-5,9,13-14H,6-8H2,1H3,(H,15,16)/t9-/m1/s1. The van der Waals surface area contributed by atoms with Crippen LogP contribution in [0.2, 0.25) is 0 Å². The second-order valence-electron chi connectivity index (χ2n) is 3.66. The molecule has 0 radical (unpaired) electrons. The van der Waals surface area contributed by atoms with Gasteiger partial charge in [-0.05, 0) is 24.6 Å². The average Bonchev–Trinajstić information content (AvgIpc) is 2.34. The fourth-order valence-electron chi connectivity index (χ4n) is 1.23. The topological polar surface area (TPSA) is 78.8 Å². The van der Waals surface area contributed by atoms with E-state index in [2.05, 4.69) is 5.32 Å². The van der Waals surface area contributed by atoms with Gasteiger partial charge in [-0.25, -0.2) is 0 Å². The summed E-state index contributed by atoms with van der Waals surface area (Å²) >= 11 is 0. The van der Waals surface area contributed by atoms with E-state index in [1.54, 1.807) is 19.1 Å². The van der Waals surface area contributed by atoms with Gasteiger partial charge in [-0.2, -0.15) is 0 Å². The van der Waals surface area contributed by atoms with Gasteiger partial charge in [-0.15, -0.1) is 0 Å². The molecule has 1 atom stereocenters. The largest absolute Gasteiger partial charge is 0.491 e. The molecule has 0 bridgehead atoms. The Morgan fingerprint density at radius 2 is 2.06 bits per heavy atom. The molecule has 1 rings (SSSR count). The van der Waals surface area contributed by atoms with Gasteiger partial charge in [0.05, 0.1) is 6.61 Å². The zero-order chi connectivity index (χ0) is 12.7. The van der Waals surface area contributed by atoms with Gasteiger partial charge in [0.25, 0.3) is 0 Å². The van der Waals surface area contributed by atoms with E-state index in [1.165, 1.54) is 0 Å². The summed E-state index contributed by atoms with van der Waals surface area (Å²) in [7, 11) is 0. The molecular weight excluding hydrogens is 222 g/mol. The molecule has 0 unspecified atom stereocenters. The first-order chi connectivity index (χ1) is 8.13. The molecule has 5 heteroatoms. The number of aliphatic hydroxyl groups excluding tert-OH is 1. The van der Waals surface area contributed by atoms with E-state index in [0.29, 0.717) is 12.3 Å². The van der Waals surface area contributed by atoms with Crippen LogP contribution in [-0.2, 0) is 11.3 Å². The highest BCUT2D eigenvalue weighted by molar-refractivity contribution is 5.72. The highest BCUT2D eigenvalue weighted by Gasteiger charge is 2.08. The SMILES string of the molecule is C[C@@H](NCc1ccc(OCCO)cc1)C(=O)O. The first-order valence-electron chi connectivity index (χ1n) is 5.42. The first kappa shape index (κ1) is 13.5. The number of rotatable bonds is 7. The molecule has 0 heterocycles. The number of hydrogen-bond donors (Lipinski definition) is 3. The molecule has 5 nitrogen and oxygen atoms in total. The minimum Gasteiger partial charge on any atom is -0.491 e. The van der Waals surface area contributed by atoms with Crippen LogP contribution >= 0.6 is 0 Å². The maximum atomic E-state index is 10.6. The van der Waals surface area contributed by atoms with Crippen LogP contribution in [0.3, 0.4) is 0 Å². The lowest BCUT2D eigenvalue weighted by Gasteiger charge is -2.09. The number of nitrogens with one attached hydrogen (secondary N) is 1. The third-order valence-corrected chi connectivity index (χ3v) is 2.27. The van der Waals surface area contributed by atoms with Gasteiger partial charge in [0.15, 0.2) is 0 Å². The molecule has 17 heavy (non-hydrogen) atoms. The van der Waals surface area contributed by atoms with Gasteiger partial charge in [0, 0.05) is 6.54 Å². The van der Waals surface area contributed by atoms with Crippen molar-refractivity contribution in [2.75, 3.05) is 13.2 Å². The Bertz CT molecular complexity index is 350. The van der Waals surface area contributed by atoms with Crippen molar-refractivity contribution in [3.8, 4) is 5.75 Å². The second-order valence-corrected chi connectivity index (χ2v) is 3.66. The van der Waals surface area contributed by atoms with E-state index in [-0.39, 0.29) is 13.2 Å². The van der Waals surface area contributed by atoms with Crippen LogP contribution in [0.5, 0.6) is 5.75 Å². The molecule has 0 aromatic heterocycles. The van der Waals surface area contributed by atoms with Gasteiger partial charge in [0.2, 0.25) is 0 Å². The zero-order valence-electron chi connectivity index (χ0n) is 9.72. The number of aliphatic carboxylic acids is 1. The molecule has 0 spiro atoms. The Labute approximate surface area is 100 Å². The quantitative estimate of drug-likeness (QED) is 0.650. The lowest BCUT2D eigenvalue weighted by Crippen LogP contribution is -2.33. The van der Waals surface area contributed by atoms with Crippen LogP contribution in [0.25, 0.3) is 0 Å². The first-order valence-corrected chi connectivity index (χ1v) is 5.42. The highest BCUT2D eigenvalue weighted by atomic mass is 16.5. The fourth-order valence-corrected chi connectivity index (χ4v) is 1.23. The van der Waals surface area contributed by atoms with Crippen molar-refractivity contribution in [3.63, 3.8) is 0 Å². The summed E-state index contributed by atoms with van der Waals surface area (Å²) in [6.07, 6.45) is 0. The third kappa shape index (κ3) is 4.84. The van der Waals surface area contributed by atoms with Crippen LogP contribution in [0.1, 0.15) is 12.5 Å². The van der Waals surface area contributed by atoms with Crippen molar-refractivity contribution < 1.29 is 19.7 Å². The Kier molecular flexibility index (Phi) is 5.45. The van der Waals surface area contributed by atoms with Gasteiger partial charge in [-0.3, -0.25) is 4.79 Å². The van der Waals surface area contributed by atoms with Gasteiger partial charge in [0.1, 0.15) is 18.4 Å². The number of carbonyl (C=O) groups is 1. The molecule has 1 aromatic carbocycles. The minimum atomic E-state index is -0.868. The van der Waals surface area contributed by atoms with Crippen LogP contribution in [0.15, 0.2) is 24.3 Å². The predicted octanol–water partition coefficient (Wildman–Crippen LogP) is 0.620. The monoisotopic (exact) mass is 239 g/mol. The summed E-state index contributed by atoms with van der Waals surface area (Å²) in [5.41, 5.74) is 0.981. The molecule has 0 saturated carbocycles. The van der Waals surface area contributed by atoms with Crippen molar-refractivity contribution in [1.29, 1.82) is 0 Å². The molecule has 94 valence electrons. The van der Waals surface area contributed by atoms with Crippen LogP contribution < -0.4 is 10.1 Å². The highest BCUT2D eigenvalue weighted by Crippen LogP contribution is 2.11. The maximum absolute atomic E-state index is 10.6. The normalized spacial score (nSPS) is 12.1. The smallest absolute Gasteiger partial charge is 0.320 e. The van der Waals surface area contributed by atoms with Gasteiger partial charge in [-0.1, -0.05) is 12.1 Å². The van der Waals surface area contributed by atoms with Crippen molar-refractivity contribution >= 4 is 5.97 Å². The van der Waals surface area contributed by atoms with E-state index in [1.807, 2.05) is 12.1 Å². The number of benzene rings is 1. The van der Waals surface area contributed by atoms with E-state index in [4.69, 9.17) is 14.9 Å². The Balaban J connectivity index is 2.42. The summed E-state index contributed by atoms with van der Waals surface area (Å²) < 4.78 is 5.21. The summed E-state index contributed by atoms with van der Waals surface area (Å²) in [6, 6.07) is 6.72. The van der Waals surface area contributed by atoms with E-state index >= 15 is 0 Å². The number of ether oxygens (including phenoxy) is 1. The molecule has 0 saturated heterocycles. The van der Waals surface area contributed by atoms with Crippen molar-refractivity contribution in [2.45, 2.75) is 19.5 Å². The summed E-state index contributed by atoms with van der Waals surface area (Å²) in [6.45, 7) is 2.35. The molecule has 0 aliphatic heterocycles. The second kappa shape index (κ2) is 6.88. The molecule has 0 amide bonds. The van der Waals surface area contributed by atoms with Crippen molar-refractivity contribution in [3.05, 3.63) is 29.8 Å². The van der Waals surface area contributed by atoms with Crippen molar-refractivity contribution in [2.24, 2.45) is 0 Å². The number of carboxylic acids is 1. The van der Waals surface area contributed by atoms with E-state index < -0.39 is 12.0 Å². The predicted molar refractivity (Wildman–Crippen MR) is 63.0 cm³/mol. The van der Waals surface area contributed by atoms with E-state index in [0.717, 1.165) is 5.56 Å². The lowest BCUT2D eigenvalue weighted by molar-refractivity contribution is -0.139. The number of aliphatic hydroxyl groups is 1. The molecule has 0 aliphatic rings. The van der Waals surface area contributed by atoms with Crippen LogP contribution in [0.4, 0.5) is 0 Å². The van der Waals surface area contributed by atoms with Crippen molar-refractivity contribution in [1.82, 2.24) is 5.32 Å². The molecule has 0 aliphatic carbocycles. The average molecular weight is 239 g/mol. The maximum Gasteiger partial charge on any atom is 0.320 e. The Morgan fingerprint density at radius 1 is 1.41 bits per heavy atom. The molecule has 0 fully saturated rings. The minimum absolute atomic E-state index is 0.0145. The van der Waals surface area contributed by atoms with Crippen LogP contribution in [0, 0.1) is 0 Å². The number of hydrogen-bond acceptors (Lipinski definition) is 4. The van der Waals surface area contributed by atoms with Crippen LogP contribution in [-0.4, -0.2) is 35.4 Å². The van der Waals surface area contributed by atoms with E-state index in [9.17, 15) is 4.79 Å². The number of carboxylic acid groups (broad SMARTS) is 1. The molecule has 3 N–H and O–H groups in total. The van der Waals surface area contributed by atoms with Gasteiger partial charge < -0.3 is 20.3 Å². The molecular formula is C12H17NO4. The van der Waals surface area contributed by atoms with Gasteiger partial charge >= 0.3 is 5.97 Å². The Morgan fingerprint density at radius 3 is 2.59 bits per heavy atom. The summed E-state index contributed by atoms with van der Waals surface area (Å²) in [4.78, 5) is 10.6. The third-order valence-electron chi connectivity index (χ3n) is 2.27. The lowest BCUT2D eigenvalue weighted by atomic mass is 10.2. The molecule has 1 aromatic rings. The summed E-state index contributed by atoms with van der Waals surface area (Å²) in [5, 5.41) is 20.2. The zero-order valence-corrected chi connectivity index (χ0v) is 9.72. The summed E-state index contributed by atoms with van der Waals surface area (Å²) in [5.74, 6) is -0.179.